The number of anilines is 3. The molecule has 3 N–H and O–H groups in total. The normalized spacial score (nSPS) is 10.0. The summed E-state index contributed by atoms with van der Waals surface area (Å²) in [4.78, 5) is 25.1. The molecule has 5 nitrogen and oxygen atoms in total. The van der Waals surface area contributed by atoms with Gasteiger partial charge in [-0.25, -0.2) is 9.69 Å². The molecule has 2 aromatic rings. The van der Waals surface area contributed by atoms with Crippen LogP contribution >= 0.6 is 15.9 Å². The molecule has 2 rings (SSSR count). The van der Waals surface area contributed by atoms with E-state index in [0.29, 0.717) is 17.1 Å². The number of nitrogens with one attached hydrogen (secondary N) is 1. The average Bonchev–Trinajstić information content (AvgIpc) is 2.43. The van der Waals surface area contributed by atoms with E-state index in [0.717, 1.165) is 9.37 Å². The fraction of sp³-hybridized carbons (Fsp3) is 0.0667. The summed E-state index contributed by atoms with van der Waals surface area (Å²) < 4.78 is 0.905. The highest BCUT2D eigenvalue weighted by atomic mass is 79.9. The minimum atomic E-state index is -0.519. The molecule has 3 amide bonds. The van der Waals surface area contributed by atoms with Gasteiger partial charge in [-0.1, -0.05) is 15.9 Å². The first kappa shape index (κ1) is 15.1. The Balaban J connectivity index is 2.22. The molecular formula is C15H14BrN3O2. The summed E-state index contributed by atoms with van der Waals surface area (Å²) in [6.07, 6.45) is 0. The smallest absolute Gasteiger partial charge is 0.333 e. The van der Waals surface area contributed by atoms with Gasteiger partial charge in [-0.05, 0) is 48.5 Å². The lowest BCUT2D eigenvalue weighted by Crippen LogP contribution is -2.38. The number of amides is 3. The standard InChI is InChI=1S/C15H14BrN3O2/c1-10(20)19(14-8-4-12(17)5-9-14)15(21)18-13-6-2-11(16)3-7-13/h2-9H,17H2,1H3,(H,18,21). The zero-order valence-corrected chi connectivity index (χ0v) is 12.9. The van der Waals surface area contributed by atoms with Crippen molar-refractivity contribution in [2.24, 2.45) is 0 Å². The molecule has 0 fully saturated rings. The van der Waals surface area contributed by atoms with Crippen LogP contribution in [0, 0.1) is 0 Å². The molecule has 0 radical (unpaired) electrons. The van der Waals surface area contributed by atoms with Gasteiger partial charge in [0.25, 0.3) is 0 Å². The Bertz CT molecular complexity index is 654. The summed E-state index contributed by atoms with van der Waals surface area (Å²) >= 11 is 3.32. The van der Waals surface area contributed by atoms with Crippen molar-refractivity contribution in [3.05, 3.63) is 53.0 Å². The molecule has 6 heteroatoms. The number of nitrogen functional groups attached to an aromatic ring is 1. The molecule has 0 heterocycles. The van der Waals surface area contributed by atoms with E-state index >= 15 is 0 Å². The van der Waals surface area contributed by atoms with Crippen LogP contribution in [0.25, 0.3) is 0 Å². The molecule has 0 saturated heterocycles. The summed E-state index contributed by atoms with van der Waals surface area (Å²) in [5.41, 5.74) is 7.24. The van der Waals surface area contributed by atoms with Gasteiger partial charge in [-0.3, -0.25) is 4.79 Å². The van der Waals surface area contributed by atoms with Crippen LogP contribution in [0.5, 0.6) is 0 Å². The van der Waals surface area contributed by atoms with E-state index in [1.807, 2.05) is 0 Å². The van der Waals surface area contributed by atoms with Gasteiger partial charge in [0.15, 0.2) is 0 Å². The van der Waals surface area contributed by atoms with Gasteiger partial charge in [0.1, 0.15) is 0 Å². The Labute approximate surface area is 130 Å². The second-order valence-electron chi connectivity index (χ2n) is 4.38. The molecule has 2 aromatic carbocycles. The predicted molar refractivity (Wildman–Crippen MR) is 87.2 cm³/mol. The Morgan fingerprint density at radius 2 is 1.62 bits per heavy atom. The van der Waals surface area contributed by atoms with Crippen molar-refractivity contribution in [1.29, 1.82) is 0 Å². The maximum atomic E-state index is 12.3. The quantitative estimate of drug-likeness (QED) is 0.814. The Morgan fingerprint density at radius 1 is 1.05 bits per heavy atom. The van der Waals surface area contributed by atoms with E-state index in [9.17, 15) is 9.59 Å². The highest BCUT2D eigenvalue weighted by Gasteiger charge is 2.20. The van der Waals surface area contributed by atoms with Crippen LogP contribution < -0.4 is 16.0 Å². The molecule has 0 aromatic heterocycles. The van der Waals surface area contributed by atoms with Crippen molar-refractivity contribution in [1.82, 2.24) is 0 Å². The van der Waals surface area contributed by atoms with Crippen LogP contribution in [-0.2, 0) is 4.79 Å². The van der Waals surface area contributed by atoms with Gasteiger partial charge in [-0.2, -0.15) is 0 Å². The Kier molecular flexibility index (Phi) is 4.59. The number of nitrogens with zero attached hydrogens (tertiary/aromatic N) is 1. The van der Waals surface area contributed by atoms with E-state index in [-0.39, 0.29) is 5.91 Å². The van der Waals surface area contributed by atoms with Crippen LogP contribution in [0.1, 0.15) is 6.92 Å². The molecule has 0 spiro atoms. The first-order valence-corrected chi connectivity index (χ1v) is 6.99. The van der Waals surface area contributed by atoms with Crippen molar-refractivity contribution in [2.75, 3.05) is 16.0 Å². The zero-order valence-electron chi connectivity index (χ0n) is 11.3. The van der Waals surface area contributed by atoms with Crippen LogP contribution in [0.4, 0.5) is 21.9 Å². The number of benzene rings is 2. The summed E-state index contributed by atoms with van der Waals surface area (Å²) in [7, 11) is 0. The highest BCUT2D eigenvalue weighted by molar-refractivity contribution is 9.10. The lowest BCUT2D eigenvalue weighted by molar-refractivity contribution is -0.115. The zero-order chi connectivity index (χ0) is 15.4. The average molecular weight is 348 g/mol. The fourth-order valence-corrected chi connectivity index (χ4v) is 2.04. The van der Waals surface area contributed by atoms with Crippen molar-refractivity contribution in [3.63, 3.8) is 0 Å². The van der Waals surface area contributed by atoms with Crippen molar-refractivity contribution in [3.8, 4) is 0 Å². The second kappa shape index (κ2) is 6.41. The Morgan fingerprint density at radius 3 is 2.14 bits per heavy atom. The van der Waals surface area contributed by atoms with E-state index in [1.54, 1.807) is 48.5 Å². The number of halogens is 1. The molecule has 21 heavy (non-hydrogen) atoms. The number of carbonyl (C=O) groups excluding carboxylic acids is 2. The third-order valence-corrected chi connectivity index (χ3v) is 3.29. The van der Waals surface area contributed by atoms with Crippen LogP contribution in [0.3, 0.4) is 0 Å². The lowest BCUT2D eigenvalue weighted by atomic mass is 10.2. The predicted octanol–water partition coefficient (Wildman–Crippen LogP) is 3.62. The molecule has 0 bridgehead atoms. The molecule has 108 valence electrons. The van der Waals surface area contributed by atoms with Gasteiger partial charge in [0.05, 0.1) is 5.69 Å². The summed E-state index contributed by atoms with van der Waals surface area (Å²) in [6, 6.07) is 13.1. The van der Waals surface area contributed by atoms with E-state index in [4.69, 9.17) is 5.73 Å². The summed E-state index contributed by atoms with van der Waals surface area (Å²) in [6.45, 7) is 1.33. The lowest BCUT2D eigenvalue weighted by Gasteiger charge is -2.20. The number of carbonyl (C=O) groups is 2. The number of hydrogen-bond acceptors (Lipinski definition) is 3. The van der Waals surface area contributed by atoms with E-state index in [2.05, 4.69) is 21.2 Å². The van der Waals surface area contributed by atoms with E-state index in [1.165, 1.54) is 6.92 Å². The molecule has 0 aliphatic carbocycles. The largest absolute Gasteiger partial charge is 0.399 e. The third kappa shape index (κ3) is 3.82. The van der Waals surface area contributed by atoms with Crippen molar-refractivity contribution in [2.45, 2.75) is 6.92 Å². The van der Waals surface area contributed by atoms with Crippen LogP contribution in [0.2, 0.25) is 0 Å². The number of hydrogen-bond donors (Lipinski definition) is 2. The minimum Gasteiger partial charge on any atom is -0.399 e. The molecular weight excluding hydrogens is 334 g/mol. The maximum Gasteiger partial charge on any atom is 0.333 e. The second-order valence-corrected chi connectivity index (χ2v) is 5.30. The van der Waals surface area contributed by atoms with Crippen molar-refractivity contribution >= 4 is 44.9 Å². The first-order chi connectivity index (χ1) is 9.97. The Hall–Kier alpha value is -2.34. The molecule has 0 unspecified atom stereocenters. The van der Waals surface area contributed by atoms with Crippen LogP contribution in [0.15, 0.2) is 53.0 Å². The number of urea groups is 1. The highest BCUT2D eigenvalue weighted by Crippen LogP contribution is 2.19. The van der Waals surface area contributed by atoms with Crippen molar-refractivity contribution < 1.29 is 9.59 Å². The molecule has 0 atom stereocenters. The topological polar surface area (TPSA) is 75.4 Å². The fourth-order valence-electron chi connectivity index (χ4n) is 1.78. The minimum absolute atomic E-state index is 0.380. The maximum absolute atomic E-state index is 12.3. The number of rotatable bonds is 2. The van der Waals surface area contributed by atoms with E-state index < -0.39 is 6.03 Å². The van der Waals surface area contributed by atoms with Gasteiger partial charge in [0, 0.05) is 22.8 Å². The molecule has 0 saturated carbocycles. The number of imide groups is 1. The van der Waals surface area contributed by atoms with Crippen LogP contribution in [-0.4, -0.2) is 11.9 Å². The van der Waals surface area contributed by atoms with Gasteiger partial charge in [0.2, 0.25) is 5.91 Å². The summed E-state index contributed by atoms with van der Waals surface area (Å²) in [5, 5.41) is 2.68. The number of nitrogens with two attached hydrogens (primary N) is 1. The molecule has 0 aliphatic rings. The monoisotopic (exact) mass is 347 g/mol. The first-order valence-electron chi connectivity index (χ1n) is 6.20. The SMILES string of the molecule is CC(=O)N(C(=O)Nc1ccc(Br)cc1)c1ccc(N)cc1. The third-order valence-electron chi connectivity index (χ3n) is 2.76. The van der Waals surface area contributed by atoms with Gasteiger partial charge in [-0.15, -0.1) is 0 Å². The summed E-state index contributed by atoms with van der Waals surface area (Å²) in [5.74, 6) is -0.380. The van der Waals surface area contributed by atoms with Gasteiger partial charge < -0.3 is 11.1 Å². The van der Waals surface area contributed by atoms with Gasteiger partial charge >= 0.3 is 6.03 Å². The molecule has 0 aliphatic heterocycles.